The van der Waals surface area contributed by atoms with Gasteiger partial charge in [0.25, 0.3) is 0 Å². The van der Waals surface area contributed by atoms with Gasteiger partial charge in [0, 0.05) is 50.6 Å². The van der Waals surface area contributed by atoms with Gasteiger partial charge in [-0.1, -0.05) is 25.1 Å². The molecule has 0 aliphatic heterocycles. The summed E-state index contributed by atoms with van der Waals surface area (Å²) in [6.07, 6.45) is 1.83. The number of nitrogens with one attached hydrogen (secondary N) is 2. The van der Waals surface area contributed by atoms with Gasteiger partial charge in [0.2, 0.25) is 0 Å². The Morgan fingerprint density at radius 1 is 1.19 bits per heavy atom. The van der Waals surface area contributed by atoms with Crippen LogP contribution in [0.15, 0.2) is 58.5 Å². The molecule has 2 aromatic rings. The van der Waals surface area contributed by atoms with Crippen LogP contribution in [0.25, 0.3) is 0 Å². The van der Waals surface area contributed by atoms with Crippen LogP contribution in [0.2, 0.25) is 0 Å². The van der Waals surface area contributed by atoms with Crippen molar-refractivity contribution in [3.05, 3.63) is 54.2 Å². The number of thioether (sulfide) groups is 1. The van der Waals surface area contributed by atoms with Crippen LogP contribution >= 0.6 is 35.7 Å². The molecule has 1 atom stereocenters. The summed E-state index contributed by atoms with van der Waals surface area (Å²) in [7, 11) is 5.78. The van der Waals surface area contributed by atoms with Gasteiger partial charge in [-0.05, 0) is 29.8 Å². The van der Waals surface area contributed by atoms with Gasteiger partial charge >= 0.3 is 0 Å². The molecule has 0 aliphatic carbocycles. The van der Waals surface area contributed by atoms with Gasteiger partial charge in [-0.2, -0.15) is 0 Å². The normalized spacial score (nSPS) is 12.1. The van der Waals surface area contributed by atoms with Crippen LogP contribution in [-0.4, -0.2) is 43.9 Å². The van der Waals surface area contributed by atoms with Crippen molar-refractivity contribution in [2.24, 2.45) is 4.99 Å². The Kier molecular flexibility index (Phi) is 10.4. The molecule has 5 nitrogen and oxygen atoms in total. The fraction of sp³-hybridized carbons (Fsp3) is 0.368. The lowest BCUT2D eigenvalue weighted by molar-refractivity contribution is 0.789. The van der Waals surface area contributed by atoms with E-state index >= 15 is 0 Å². The average molecular weight is 485 g/mol. The number of nitrogens with zero attached hydrogens (tertiary/aromatic N) is 3. The molecule has 7 heteroatoms. The summed E-state index contributed by atoms with van der Waals surface area (Å²) in [5, 5.41) is 7.19. The number of aromatic nitrogens is 1. The van der Waals surface area contributed by atoms with Gasteiger partial charge in [0.1, 0.15) is 5.82 Å². The fourth-order valence-corrected chi connectivity index (χ4v) is 3.18. The van der Waals surface area contributed by atoms with E-state index in [4.69, 9.17) is 0 Å². The van der Waals surface area contributed by atoms with E-state index in [9.17, 15) is 0 Å². The van der Waals surface area contributed by atoms with Crippen LogP contribution in [-0.2, 0) is 6.54 Å². The third kappa shape index (κ3) is 7.82. The number of pyridine rings is 1. The highest BCUT2D eigenvalue weighted by molar-refractivity contribution is 14.0. The zero-order valence-electron chi connectivity index (χ0n) is 15.8. The average Bonchev–Trinajstić information content (AvgIpc) is 2.63. The highest BCUT2D eigenvalue weighted by Gasteiger charge is 2.06. The van der Waals surface area contributed by atoms with Crippen LogP contribution in [0, 0.1) is 0 Å². The summed E-state index contributed by atoms with van der Waals surface area (Å²) in [5.74, 6) is 1.76. The van der Waals surface area contributed by atoms with Crippen molar-refractivity contribution >= 4 is 47.5 Å². The Hall–Kier alpha value is -1.48. The molecule has 0 aliphatic rings. The minimum atomic E-state index is 0. The van der Waals surface area contributed by atoms with Crippen LogP contribution in [0.4, 0.5) is 5.82 Å². The smallest absolute Gasteiger partial charge is 0.191 e. The third-order valence-electron chi connectivity index (χ3n) is 3.59. The van der Waals surface area contributed by atoms with Gasteiger partial charge in [0.15, 0.2) is 5.96 Å². The van der Waals surface area contributed by atoms with E-state index in [0.717, 1.165) is 18.3 Å². The van der Waals surface area contributed by atoms with Crippen LogP contribution in [0.3, 0.4) is 0 Å². The molecule has 2 rings (SSSR count). The van der Waals surface area contributed by atoms with E-state index in [2.05, 4.69) is 57.9 Å². The van der Waals surface area contributed by atoms with Crippen LogP contribution < -0.4 is 15.5 Å². The molecule has 1 aromatic carbocycles. The maximum atomic E-state index is 4.34. The Bertz CT molecular complexity index is 679. The van der Waals surface area contributed by atoms with Crippen LogP contribution in [0.5, 0.6) is 0 Å². The highest BCUT2D eigenvalue weighted by atomic mass is 127. The summed E-state index contributed by atoms with van der Waals surface area (Å²) in [6.45, 7) is 3.77. The number of anilines is 1. The lowest BCUT2D eigenvalue weighted by Crippen LogP contribution is -2.39. The van der Waals surface area contributed by atoms with E-state index in [-0.39, 0.29) is 24.0 Å². The number of benzene rings is 1. The first-order chi connectivity index (χ1) is 12.1. The van der Waals surface area contributed by atoms with Crippen molar-refractivity contribution in [2.75, 3.05) is 32.6 Å². The molecule has 0 amide bonds. The molecule has 0 spiro atoms. The zero-order valence-corrected chi connectivity index (χ0v) is 18.9. The Morgan fingerprint density at radius 3 is 2.58 bits per heavy atom. The van der Waals surface area contributed by atoms with E-state index in [1.807, 2.05) is 49.1 Å². The molecule has 1 aromatic heterocycles. The van der Waals surface area contributed by atoms with Crippen molar-refractivity contribution in [2.45, 2.75) is 23.6 Å². The minimum absolute atomic E-state index is 0. The monoisotopic (exact) mass is 485 g/mol. The summed E-state index contributed by atoms with van der Waals surface area (Å²) >= 11 is 1.86. The summed E-state index contributed by atoms with van der Waals surface area (Å²) < 4.78 is 0. The second-order valence-electron chi connectivity index (χ2n) is 5.96. The first-order valence-electron chi connectivity index (χ1n) is 8.37. The first-order valence-corrected chi connectivity index (χ1v) is 9.25. The van der Waals surface area contributed by atoms with E-state index in [1.54, 1.807) is 7.05 Å². The molecule has 1 heterocycles. The second kappa shape index (κ2) is 12.0. The quantitative estimate of drug-likeness (QED) is 0.272. The van der Waals surface area contributed by atoms with Crippen LogP contribution in [0.1, 0.15) is 12.5 Å². The van der Waals surface area contributed by atoms with E-state index < -0.39 is 0 Å². The maximum Gasteiger partial charge on any atom is 0.191 e. The minimum Gasteiger partial charge on any atom is -0.363 e. The predicted octanol–water partition coefficient (Wildman–Crippen LogP) is 3.61. The summed E-state index contributed by atoms with van der Waals surface area (Å²) in [5.41, 5.74) is 1.17. The number of hydrogen-bond acceptors (Lipinski definition) is 4. The molecule has 0 fully saturated rings. The molecule has 2 N–H and O–H groups in total. The van der Waals surface area contributed by atoms with E-state index in [0.29, 0.717) is 11.8 Å². The molecule has 0 radical (unpaired) electrons. The lowest BCUT2D eigenvalue weighted by Gasteiger charge is -2.16. The first kappa shape index (κ1) is 22.6. The van der Waals surface area contributed by atoms with Gasteiger partial charge in [-0.25, -0.2) is 4.98 Å². The standard InChI is InChI=1S/C19H27N5S.HI/c1-15(25-17-8-6-5-7-9-17)13-22-19(20-2)23-14-16-10-11-21-18(12-16)24(3)4;/h5-12,15H,13-14H2,1-4H3,(H2,20,22,23);1H. The molecule has 1 unspecified atom stereocenters. The zero-order chi connectivity index (χ0) is 18.1. The predicted molar refractivity (Wildman–Crippen MR) is 124 cm³/mol. The molecule has 26 heavy (non-hydrogen) atoms. The molecular weight excluding hydrogens is 457 g/mol. The lowest BCUT2D eigenvalue weighted by atomic mass is 10.2. The fourth-order valence-electron chi connectivity index (χ4n) is 2.23. The Balaban J connectivity index is 0.00000338. The number of hydrogen-bond donors (Lipinski definition) is 2. The maximum absolute atomic E-state index is 4.34. The van der Waals surface area contributed by atoms with Gasteiger partial charge in [-0.3, -0.25) is 4.99 Å². The molecule has 0 bridgehead atoms. The third-order valence-corrected chi connectivity index (χ3v) is 4.70. The van der Waals surface area contributed by atoms with Crippen molar-refractivity contribution < 1.29 is 0 Å². The number of aliphatic imine (C=N–C) groups is 1. The van der Waals surface area contributed by atoms with Crippen molar-refractivity contribution in [1.82, 2.24) is 15.6 Å². The highest BCUT2D eigenvalue weighted by Crippen LogP contribution is 2.21. The molecule has 0 saturated carbocycles. The molecule has 0 saturated heterocycles. The molecular formula is C19H28IN5S. The summed E-state index contributed by atoms with van der Waals surface area (Å²) in [4.78, 5) is 11.9. The molecule has 142 valence electrons. The second-order valence-corrected chi connectivity index (χ2v) is 7.48. The van der Waals surface area contributed by atoms with Crippen molar-refractivity contribution in [1.29, 1.82) is 0 Å². The topological polar surface area (TPSA) is 52.6 Å². The number of rotatable bonds is 7. The van der Waals surface area contributed by atoms with Gasteiger partial charge in [0.05, 0.1) is 0 Å². The largest absolute Gasteiger partial charge is 0.363 e. The van der Waals surface area contributed by atoms with Crippen molar-refractivity contribution in [3.63, 3.8) is 0 Å². The van der Waals surface area contributed by atoms with Gasteiger partial charge in [-0.15, -0.1) is 35.7 Å². The van der Waals surface area contributed by atoms with Gasteiger partial charge < -0.3 is 15.5 Å². The summed E-state index contributed by atoms with van der Waals surface area (Å²) in [6, 6.07) is 14.5. The SMILES string of the molecule is CN=C(NCc1ccnc(N(C)C)c1)NCC(C)Sc1ccccc1.I. The Labute approximate surface area is 178 Å². The number of halogens is 1. The van der Waals surface area contributed by atoms with E-state index in [1.165, 1.54) is 10.5 Å². The number of guanidine groups is 1. The Morgan fingerprint density at radius 2 is 1.92 bits per heavy atom. The van der Waals surface area contributed by atoms with Crippen molar-refractivity contribution in [3.8, 4) is 0 Å².